The van der Waals surface area contributed by atoms with Gasteiger partial charge in [-0.3, -0.25) is 4.79 Å². The van der Waals surface area contributed by atoms with Crippen LogP contribution in [0.25, 0.3) is 0 Å². The summed E-state index contributed by atoms with van der Waals surface area (Å²) in [4.78, 5) is 24.4. The maximum absolute atomic E-state index is 12.5. The molecule has 24 heavy (non-hydrogen) atoms. The predicted octanol–water partition coefficient (Wildman–Crippen LogP) is 5.28. The first-order valence-electron chi connectivity index (χ1n) is 6.97. The molecule has 1 amide bonds. The van der Waals surface area contributed by atoms with Crippen LogP contribution in [0, 0.1) is 0 Å². The third kappa shape index (κ3) is 4.29. The summed E-state index contributed by atoms with van der Waals surface area (Å²) in [5.41, 5.74) is 1.12. The molecule has 0 spiro atoms. The molecule has 0 saturated carbocycles. The van der Waals surface area contributed by atoms with Crippen LogP contribution in [0.5, 0.6) is 0 Å². The summed E-state index contributed by atoms with van der Waals surface area (Å²) < 4.78 is 5.64. The van der Waals surface area contributed by atoms with E-state index in [1.807, 2.05) is 24.3 Å². The molecular weight excluding hydrogens is 417 g/mol. The Balaban J connectivity index is 2.31. The van der Waals surface area contributed by atoms with Gasteiger partial charge in [-0.1, -0.05) is 51.3 Å². The lowest BCUT2D eigenvalue weighted by Crippen LogP contribution is -2.21. The molecule has 0 fully saturated rings. The van der Waals surface area contributed by atoms with Gasteiger partial charge in [-0.05, 0) is 36.8 Å². The number of anilines is 1. The molecule has 7 heteroatoms. The number of halogens is 3. The van der Waals surface area contributed by atoms with Crippen LogP contribution in [-0.4, -0.2) is 19.0 Å². The monoisotopic (exact) mass is 429 g/mol. The Hall–Kier alpha value is -1.56. The summed E-state index contributed by atoms with van der Waals surface area (Å²) in [6.07, 6.45) is 0. The average Bonchev–Trinajstić information content (AvgIpc) is 2.53. The molecule has 1 unspecified atom stereocenters. The van der Waals surface area contributed by atoms with Gasteiger partial charge in [-0.15, -0.1) is 0 Å². The zero-order valence-corrected chi connectivity index (χ0v) is 16.0. The van der Waals surface area contributed by atoms with Gasteiger partial charge in [0.05, 0.1) is 23.7 Å². The van der Waals surface area contributed by atoms with Crippen molar-refractivity contribution in [3.8, 4) is 0 Å². The van der Waals surface area contributed by atoms with Crippen molar-refractivity contribution in [3.05, 3.63) is 62.0 Å². The van der Waals surface area contributed by atoms with Gasteiger partial charge >= 0.3 is 5.97 Å². The molecule has 1 atom stereocenters. The molecule has 0 saturated heterocycles. The molecule has 4 nitrogen and oxygen atoms in total. The third-order valence-electron chi connectivity index (χ3n) is 3.47. The normalized spacial score (nSPS) is 11.7. The minimum atomic E-state index is -0.650. The number of carbonyl (C=O) groups excluding carboxylic acids is 2. The summed E-state index contributed by atoms with van der Waals surface area (Å²) in [5.74, 6) is -1.37. The Morgan fingerprint density at radius 1 is 1.17 bits per heavy atom. The number of nitrogens with one attached hydrogen (secondary N) is 1. The van der Waals surface area contributed by atoms with E-state index in [2.05, 4.69) is 21.2 Å². The first kappa shape index (κ1) is 18.8. The fourth-order valence-electron chi connectivity index (χ4n) is 2.13. The van der Waals surface area contributed by atoms with E-state index < -0.39 is 11.9 Å². The molecular formula is C17H14BrCl2NO3. The number of benzene rings is 2. The molecule has 2 aromatic rings. The van der Waals surface area contributed by atoms with Crippen LogP contribution in [0.15, 0.2) is 40.9 Å². The highest BCUT2D eigenvalue weighted by Crippen LogP contribution is 2.31. The molecule has 0 radical (unpaired) electrons. The van der Waals surface area contributed by atoms with Crippen molar-refractivity contribution in [3.63, 3.8) is 0 Å². The molecule has 0 aliphatic rings. The summed E-state index contributed by atoms with van der Waals surface area (Å²) in [6, 6.07) is 10.3. The molecule has 0 heterocycles. The van der Waals surface area contributed by atoms with Gasteiger partial charge in [-0.25, -0.2) is 4.79 Å². The standard InChI is InChI=1S/C17H14BrCl2NO3/c1-9(10-3-5-11(18)6-4-10)16(22)21-14-8-12(19)7-13(20)15(14)17(23)24-2/h3-9H,1-2H3,(H,21,22). The number of ether oxygens (including phenoxy) is 1. The highest BCUT2D eigenvalue weighted by molar-refractivity contribution is 9.10. The minimum Gasteiger partial charge on any atom is -0.465 e. The smallest absolute Gasteiger partial charge is 0.341 e. The molecule has 126 valence electrons. The van der Waals surface area contributed by atoms with Gasteiger partial charge < -0.3 is 10.1 Å². The number of methoxy groups -OCH3 is 1. The molecule has 1 N–H and O–H groups in total. The van der Waals surface area contributed by atoms with Gasteiger partial charge in [0.1, 0.15) is 5.56 Å². The van der Waals surface area contributed by atoms with Crippen LogP contribution < -0.4 is 5.32 Å². The molecule has 0 aromatic heterocycles. The van der Waals surface area contributed by atoms with Crippen molar-refractivity contribution < 1.29 is 14.3 Å². The number of amides is 1. The second-order valence-electron chi connectivity index (χ2n) is 5.06. The number of hydrogen-bond donors (Lipinski definition) is 1. The van der Waals surface area contributed by atoms with Crippen molar-refractivity contribution in [1.29, 1.82) is 0 Å². The first-order chi connectivity index (χ1) is 11.3. The van der Waals surface area contributed by atoms with Crippen LogP contribution in [0.3, 0.4) is 0 Å². The van der Waals surface area contributed by atoms with Gasteiger partial charge in [-0.2, -0.15) is 0 Å². The van der Waals surface area contributed by atoms with Gasteiger partial charge in [0.25, 0.3) is 0 Å². The number of carbonyl (C=O) groups is 2. The lowest BCUT2D eigenvalue weighted by Gasteiger charge is -2.16. The number of esters is 1. The van der Waals surface area contributed by atoms with Crippen LogP contribution in [0.4, 0.5) is 5.69 Å². The maximum Gasteiger partial charge on any atom is 0.341 e. The van der Waals surface area contributed by atoms with Crippen LogP contribution in [0.2, 0.25) is 10.0 Å². The second-order valence-corrected chi connectivity index (χ2v) is 6.82. The summed E-state index contributed by atoms with van der Waals surface area (Å²) in [6.45, 7) is 1.77. The van der Waals surface area contributed by atoms with E-state index in [-0.39, 0.29) is 22.2 Å². The lowest BCUT2D eigenvalue weighted by atomic mass is 10.00. The SMILES string of the molecule is COC(=O)c1c(Cl)cc(Cl)cc1NC(=O)C(C)c1ccc(Br)cc1. The van der Waals surface area contributed by atoms with Crippen LogP contribution in [-0.2, 0) is 9.53 Å². The Labute approximate surface area is 158 Å². The van der Waals surface area contributed by atoms with Crippen molar-refractivity contribution in [1.82, 2.24) is 0 Å². The first-order valence-corrected chi connectivity index (χ1v) is 8.52. The largest absolute Gasteiger partial charge is 0.465 e. The minimum absolute atomic E-state index is 0.0694. The third-order valence-corrected chi connectivity index (χ3v) is 4.51. The van der Waals surface area contributed by atoms with Gasteiger partial charge in [0, 0.05) is 9.50 Å². The van der Waals surface area contributed by atoms with E-state index in [4.69, 9.17) is 27.9 Å². The molecule has 0 bridgehead atoms. The Morgan fingerprint density at radius 2 is 1.79 bits per heavy atom. The predicted molar refractivity (Wildman–Crippen MR) is 99.0 cm³/mol. The summed E-state index contributed by atoms with van der Waals surface area (Å²) in [5, 5.41) is 3.12. The van der Waals surface area contributed by atoms with Crippen LogP contribution in [0.1, 0.15) is 28.8 Å². The Kier molecular flexibility index (Phi) is 6.27. The highest BCUT2D eigenvalue weighted by Gasteiger charge is 2.22. The second kappa shape index (κ2) is 8.01. The molecule has 2 aromatic carbocycles. The van der Waals surface area contributed by atoms with E-state index in [1.54, 1.807) is 6.92 Å². The number of rotatable bonds is 4. The van der Waals surface area contributed by atoms with E-state index in [0.29, 0.717) is 5.02 Å². The van der Waals surface area contributed by atoms with Gasteiger partial charge in [0.15, 0.2) is 0 Å². The quantitative estimate of drug-likeness (QED) is 0.670. The highest BCUT2D eigenvalue weighted by atomic mass is 79.9. The Morgan fingerprint density at radius 3 is 2.38 bits per heavy atom. The number of hydrogen-bond acceptors (Lipinski definition) is 3. The lowest BCUT2D eigenvalue weighted by molar-refractivity contribution is -0.117. The fourth-order valence-corrected chi connectivity index (χ4v) is 2.96. The van der Waals surface area contributed by atoms with E-state index in [9.17, 15) is 9.59 Å². The van der Waals surface area contributed by atoms with Crippen molar-refractivity contribution in [2.24, 2.45) is 0 Å². The summed E-state index contributed by atoms with van der Waals surface area (Å²) >= 11 is 15.4. The molecule has 2 rings (SSSR count). The Bertz CT molecular complexity index is 778. The van der Waals surface area contributed by atoms with Crippen molar-refractivity contribution in [2.75, 3.05) is 12.4 Å². The zero-order valence-electron chi connectivity index (χ0n) is 12.9. The topological polar surface area (TPSA) is 55.4 Å². The van der Waals surface area contributed by atoms with E-state index in [1.165, 1.54) is 19.2 Å². The molecule has 0 aliphatic carbocycles. The van der Waals surface area contributed by atoms with E-state index in [0.717, 1.165) is 10.0 Å². The van der Waals surface area contributed by atoms with Gasteiger partial charge in [0.2, 0.25) is 5.91 Å². The van der Waals surface area contributed by atoms with E-state index >= 15 is 0 Å². The van der Waals surface area contributed by atoms with Crippen molar-refractivity contribution >= 4 is 56.7 Å². The van der Waals surface area contributed by atoms with Crippen LogP contribution >= 0.6 is 39.1 Å². The zero-order chi connectivity index (χ0) is 17.9. The fraction of sp³-hybridized carbons (Fsp3) is 0.176. The summed E-state index contributed by atoms with van der Waals surface area (Å²) in [7, 11) is 1.24. The average molecular weight is 431 g/mol. The molecule has 0 aliphatic heterocycles. The maximum atomic E-state index is 12.5. The van der Waals surface area contributed by atoms with Crippen molar-refractivity contribution in [2.45, 2.75) is 12.8 Å².